The monoisotopic (exact) mass is 386 g/mol. The van der Waals surface area contributed by atoms with Gasteiger partial charge in [-0.1, -0.05) is 30.3 Å². The van der Waals surface area contributed by atoms with Gasteiger partial charge in [0.2, 0.25) is 5.95 Å². The van der Waals surface area contributed by atoms with Gasteiger partial charge >= 0.3 is 0 Å². The average molecular weight is 387 g/mol. The van der Waals surface area contributed by atoms with Crippen LogP contribution in [0.25, 0.3) is 11.3 Å². The summed E-state index contributed by atoms with van der Waals surface area (Å²) >= 11 is 0. The second-order valence-corrected chi connectivity index (χ2v) is 9.72. The molecule has 2 aliphatic heterocycles. The van der Waals surface area contributed by atoms with Gasteiger partial charge in [0.1, 0.15) is 5.82 Å². The number of aromatic nitrogens is 2. The first kappa shape index (κ1) is 18.2. The van der Waals surface area contributed by atoms with Gasteiger partial charge in [-0.15, -0.1) is 0 Å². The minimum atomic E-state index is -2.95. The van der Waals surface area contributed by atoms with Crippen molar-refractivity contribution in [3.63, 3.8) is 0 Å². The fraction of sp³-hybridized carbons (Fsp3) is 0.500. The molecule has 0 saturated carbocycles. The quantitative estimate of drug-likeness (QED) is 0.805. The predicted octanol–water partition coefficient (Wildman–Crippen LogP) is 2.76. The molecule has 1 atom stereocenters. The van der Waals surface area contributed by atoms with Gasteiger partial charge in [-0.3, -0.25) is 0 Å². The second kappa shape index (κ2) is 7.46. The highest BCUT2D eigenvalue weighted by Gasteiger charge is 2.32. The molecule has 1 aromatic carbocycles. The molecular weight excluding hydrogens is 360 g/mol. The summed E-state index contributed by atoms with van der Waals surface area (Å²) in [5, 5.41) is 0. The van der Waals surface area contributed by atoms with E-state index in [2.05, 4.69) is 11.0 Å². The average Bonchev–Trinajstić information content (AvgIpc) is 3.08. The molecule has 2 aliphatic rings. The summed E-state index contributed by atoms with van der Waals surface area (Å²) in [5.74, 6) is 1.98. The van der Waals surface area contributed by atoms with Crippen molar-refractivity contribution < 1.29 is 8.42 Å². The Labute approximate surface area is 161 Å². The van der Waals surface area contributed by atoms with E-state index in [-0.39, 0.29) is 17.5 Å². The van der Waals surface area contributed by atoms with E-state index in [1.165, 1.54) is 19.3 Å². The van der Waals surface area contributed by atoms with E-state index in [1.54, 1.807) is 0 Å². The molecule has 2 fully saturated rings. The lowest BCUT2D eigenvalue weighted by Crippen LogP contribution is -2.35. The first-order valence-electron chi connectivity index (χ1n) is 9.64. The summed E-state index contributed by atoms with van der Waals surface area (Å²) in [5.41, 5.74) is 1.93. The van der Waals surface area contributed by atoms with Crippen LogP contribution in [0.2, 0.25) is 0 Å². The fourth-order valence-corrected chi connectivity index (χ4v) is 5.64. The Balaban J connectivity index is 1.71. The SMILES string of the molecule is CN(c1nc(-c2ccccc2)cc(N2CCCCC2)n1)C1CCS(=O)(=O)C1. The van der Waals surface area contributed by atoms with Crippen molar-refractivity contribution >= 4 is 21.6 Å². The highest BCUT2D eigenvalue weighted by molar-refractivity contribution is 7.91. The molecule has 4 rings (SSSR count). The van der Waals surface area contributed by atoms with E-state index in [1.807, 2.05) is 42.3 Å². The molecule has 6 nitrogen and oxygen atoms in total. The van der Waals surface area contributed by atoms with Crippen LogP contribution in [-0.4, -0.2) is 56.1 Å². The summed E-state index contributed by atoms with van der Waals surface area (Å²) in [4.78, 5) is 13.9. The van der Waals surface area contributed by atoms with E-state index in [4.69, 9.17) is 9.97 Å². The Bertz CT molecular complexity index is 895. The van der Waals surface area contributed by atoms with Gasteiger partial charge in [0.15, 0.2) is 9.84 Å². The number of anilines is 2. The van der Waals surface area contributed by atoms with Crippen LogP contribution in [0.3, 0.4) is 0 Å². The number of hydrogen-bond acceptors (Lipinski definition) is 6. The van der Waals surface area contributed by atoms with Crippen molar-refractivity contribution in [1.82, 2.24) is 9.97 Å². The predicted molar refractivity (Wildman–Crippen MR) is 109 cm³/mol. The number of rotatable bonds is 4. The standard InChI is InChI=1S/C20H26N4O2S/c1-23(17-10-13-27(25,26)15-17)20-21-18(16-8-4-2-5-9-16)14-19(22-20)24-11-6-3-7-12-24/h2,4-5,8-9,14,17H,3,6-7,10-13,15H2,1H3. The summed E-state index contributed by atoms with van der Waals surface area (Å²) in [7, 11) is -1.04. The maximum absolute atomic E-state index is 11.9. The first-order valence-corrected chi connectivity index (χ1v) is 11.5. The fourth-order valence-electron chi connectivity index (χ4n) is 3.87. The number of hydrogen-bond donors (Lipinski definition) is 0. The molecule has 2 saturated heterocycles. The van der Waals surface area contributed by atoms with Crippen molar-refractivity contribution in [3.05, 3.63) is 36.4 Å². The van der Waals surface area contributed by atoms with E-state index in [9.17, 15) is 8.42 Å². The topological polar surface area (TPSA) is 66.4 Å². The largest absolute Gasteiger partial charge is 0.356 e. The number of piperidine rings is 1. The first-order chi connectivity index (χ1) is 13.0. The van der Waals surface area contributed by atoms with Gasteiger partial charge in [-0.05, 0) is 25.7 Å². The third-order valence-corrected chi connectivity index (χ3v) is 7.27. The smallest absolute Gasteiger partial charge is 0.227 e. The molecule has 3 heterocycles. The zero-order valence-electron chi connectivity index (χ0n) is 15.7. The van der Waals surface area contributed by atoms with Crippen LogP contribution in [-0.2, 0) is 9.84 Å². The van der Waals surface area contributed by atoms with Gasteiger partial charge in [0, 0.05) is 37.8 Å². The Morgan fingerprint density at radius 1 is 1.07 bits per heavy atom. The molecule has 7 heteroatoms. The molecule has 0 N–H and O–H groups in total. The van der Waals surface area contributed by atoms with Crippen molar-refractivity contribution in [2.24, 2.45) is 0 Å². The minimum Gasteiger partial charge on any atom is -0.356 e. The number of nitrogens with zero attached hydrogens (tertiary/aromatic N) is 4. The molecule has 0 bridgehead atoms. The van der Waals surface area contributed by atoms with Gasteiger partial charge in [0.25, 0.3) is 0 Å². The number of benzene rings is 1. The molecular formula is C20H26N4O2S. The van der Waals surface area contributed by atoms with Crippen molar-refractivity contribution in [2.45, 2.75) is 31.7 Å². The summed E-state index contributed by atoms with van der Waals surface area (Å²) in [6, 6.07) is 12.1. The molecule has 2 aromatic rings. The lowest BCUT2D eigenvalue weighted by atomic mass is 10.1. The molecule has 0 amide bonds. The molecule has 0 aliphatic carbocycles. The number of sulfone groups is 1. The Kier molecular flexibility index (Phi) is 5.04. The Morgan fingerprint density at radius 3 is 2.48 bits per heavy atom. The molecule has 1 unspecified atom stereocenters. The molecule has 27 heavy (non-hydrogen) atoms. The molecule has 144 valence electrons. The highest BCUT2D eigenvalue weighted by Crippen LogP contribution is 2.28. The normalized spacial score (nSPS) is 22.0. The zero-order chi connectivity index (χ0) is 18.9. The van der Waals surface area contributed by atoms with Crippen LogP contribution in [0.1, 0.15) is 25.7 Å². The Hall–Kier alpha value is -2.15. The van der Waals surface area contributed by atoms with Crippen LogP contribution < -0.4 is 9.80 Å². The summed E-state index contributed by atoms with van der Waals surface area (Å²) in [6.45, 7) is 2.01. The lowest BCUT2D eigenvalue weighted by Gasteiger charge is -2.30. The third-order valence-electron chi connectivity index (χ3n) is 5.52. The van der Waals surface area contributed by atoms with Crippen LogP contribution >= 0.6 is 0 Å². The van der Waals surface area contributed by atoms with Gasteiger partial charge < -0.3 is 9.80 Å². The van der Waals surface area contributed by atoms with Crippen LogP contribution in [0.5, 0.6) is 0 Å². The van der Waals surface area contributed by atoms with Crippen molar-refractivity contribution in [2.75, 3.05) is 41.4 Å². The van der Waals surface area contributed by atoms with E-state index in [0.717, 1.165) is 30.2 Å². The van der Waals surface area contributed by atoms with E-state index in [0.29, 0.717) is 12.4 Å². The zero-order valence-corrected chi connectivity index (χ0v) is 16.5. The van der Waals surface area contributed by atoms with E-state index >= 15 is 0 Å². The van der Waals surface area contributed by atoms with Gasteiger partial charge in [-0.2, -0.15) is 4.98 Å². The lowest BCUT2D eigenvalue weighted by molar-refractivity contribution is 0.572. The molecule has 0 radical (unpaired) electrons. The van der Waals surface area contributed by atoms with Crippen LogP contribution in [0, 0.1) is 0 Å². The maximum Gasteiger partial charge on any atom is 0.227 e. The second-order valence-electron chi connectivity index (χ2n) is 7.49. The third kappa shape index (κ3) is 4.08. The van der Waals surface area contributed by atoms with E-state index < -0.39 is 9.84 Å². The molecule has 0 spiro atoms. The van der Waals surface area contributed by atoms with Crippen molar-refractivity contribution in [1.29, 1.82) is 0 Å². The van der Waals surface area contributed by atoms with Gasteiger partial charge in [-0.25, -0.2) is 13.4 Å². The van der Waals surface area contributed by atoms with Crippen LogP contribution in [0.15, 0.2) is 36.4 Å². The maximum atomic E-state index is 11.9. The molecule has 1 aromatic heterocycles. The van der Waals surface area contributed by atoms with Crippen molar-refractivity contribution in [3.8, 4) is 11.3 Å². The Morgan fingerprint density at radius 2 is 1.81 bits per heavy atom. The highest BCUT2D eigenvalue weighted by atomic mass is 32.2. The summed E-state index contributed by atoms with van der Waals surface area (Å²) < 4.78 is 23.8. The van der Waals surface area contributed by atoms with Gasteiger partial charge in [0.05, 0.1) is 17.2 Å². The minimum absolute atomic E-state index is 0.0600. The van der Waals surface area contributed by atoms with Crippen LogP contribution in [0.4, 0.5) is 11.8 Å². The summed E-state index contributed by atoms with van der Waals surface area (Å²) in [6.07, 6.45) is 4.25.